The normalized spacial score (nSPS) is 11.3. The molecule has 0 aliphatic carbocycles. The van der Waals surface area contributed by atoms with Crippen molar-refractivity contribution in [2.45, 2.75) is 11.4 Å². The zero-order valence-corrected chi connectivity index (χ0v) is 14.1. The lowest BCUT2D eigenvalue weighted by atomic mass is 10.2. The average Bonchev–Trinajstić information content (AvgIpc) is 3.03. The van der Waals surface area contributed by atoms with Gasteiger partial charge in [0, 0.05) is 18.3 Å². The standard InChI is InChI=1S/C16H13FN4O4S/c17-13-7-5-12(6-8-13)11-20-10-9-16(18-20)19-26(24,25)15-4-2-1-3-14(15)21(22)23/h1-10H,11H2,(H,18,19). The molecule has 0 spiro atoms. The fourth-order valence-corrected chi connectivity index (χ4v) is 3.48. The number of sulfonamides is 1. The minimum atomic E-state index is -4.17. The maximum Gasteiger partial charge on any atom is 0.289 e. The number of nitrogens with one attached hydrogen (secondary N) is 1. The lowest BCUT2D eigenvalue weighted by molar-refractivity contribution is -0.387. The average molecular weight is 376 g/mol. The Morgan fingerprint density at radius 1 is 1.12 bits per heavy atom. The minimum Gasteiger partial charge on any atom is -0.266 e. The van der Waals surface area contributed by atoms with Crippen LogP contribution >= 0.6 is 0 Å². The first-order valence-corrected chi connectivity index (χ1v) is 8.87. The van der Waals surface area contributed by atoms with Gasteiger partial charge in [0.05, 0.1) is 11.5 Å². The minimum absolute atomic E-state index is 0.0188. The second-order valence-electron chi connectivity index (χ2n) is 5.36. The number of para-hydroxylation sites is 1. The van der Waals surface area contributed by atoms with Crippen molar-refractivity contribution in [3.8, 4) is 0 Å². The SMILES string of the molecule is O=[N+]([O-])c1ccccc1S(=O)(=O)Nc1ccn(Cc2ccc(F)cc2)n1. The highest BCUT2D eigenvalue weighted by Gasteiger charge is 2.25. The van der Waals surface area contributed by atoms with Crippen molar-refractivity contribution in [1.82, 2.24) is 9.78 Å². The highest BCUT2D eigenvalue weighted by atomic mass is 32.2. The van der Waals surface area contributed by atoms with Crippen molar-refractivity contribution in [3.05, 3.63) is 82.3 Å². The van der Waals surface area contributed by atoms with Crippen LogP contribution in [0.15, 0.2) is 65.7 Å². The van der Waals surface area contributed by atoms with Crippen molar-refractivity contribution in [1.29, 1.82) is 0 Å². The smallest absolute Gasteiger partial charge is 0.266 e. The van der Waals surface area contributed by atoms with Crippen LogP contribution in [0, 0.1) is 15.9 Å². The van der Waals surface area contributed by atoms with Crippen LogP contribution in [-0.2, 0) is 16.6 Å². The first kappa shape index (κ1) is 17.5. The third-order valence-electron chi connectivity index (χ3n) is 3.49. The van der Waals surface area contributed by atoms with Gasteiger partial charge in [-0.1, -0.05) is 24.3 Å². The number of nitro benzene ring substituents is 1. The molecular formula is C16H13FN4O4S. The van der Waals surface area contributed by atoms with Gasteiger partial charge in [-0.05, 0) is 23.8 Å². The van der Waals surface area contributed by atoms with Crippen molar-refractivity contribution in [3.63, 3.8) is 0 Å². The second-order valence-corrected chi connectivity index (χ2v) is 7.01. The van der Waals surface area contributed by atoms with Gasteiger partial charge in [0.15, 0.2) is 10.7 Å². The number of hydrogen-bond acceptors (Lipinski definition) is 5. The predicted molar refractivity (Wildman–Crippen MR) is 91.6 cm³/mol. The molecule has 8 nitrogen and oxygen atoms in total. The number of nitrogens with zero attached hydrogens (tertiary/aromatic N) is 3. The molecule has 0 saturated heterocycles. The molecule has 0 unspecified atom stereocenters. The molecule has 26 heavy (non-hydrogen) atoms. The zero-order valence-electron chi connectivity index (χ0n) is 13.2. The third kappa shape index (κ3) is 3.86. The Bertz CT molecular complexity index is 1050. The fraction of sp³-hybridized carbons (Fsp3) is 0.0625. The Kier molecular flexibility index (Phi) is 4.67. The van der Waals surface area contributed by atoms with Crippen LogP contribution in [-0.4, -0.2) is 23.1 Å². The van der Waals surface area contributed by atoms with E-state index in [1.807, 2.05) is 0 Å². The van der Waals surface area contributed by atoms with Crippen LogP contribution in [0.25, 0.3) is 0 Å². The number of aromatic nitrogens is 2. The lowest BCUT2D eigenvalue weighted by Crippen LogP contribution is -2.15. The summed E-state index contributed by atoms with van der Waals surface area (Å²) in [4.78, 5) is 9.81. The van der Waals surface area contributed by atoms with Gasteiger partial charge in [0.25, 0.3) is 15.7 Å². The van der Waals surface area contributed by atoms with Crippen molar-refractivity contribution in [2.24, 2.45) is 0 Å². The summed E-state index contributed by atoms with van der Waals surface area (Å²) in [6.07, 6.45) is 1.54. The number of rotatable bonds is 6. The van der Waals surface area contributed by atoms with Crippen LogP contribution in [0.1, 0.15) is 5.56 Å². The molecule has 3 rings (SSSR count). The number of anilines is 1. The van der Waals surface area contributed by atoms with Gasteiger partial charge in [-0.2, -0.15) is 5.10 Å². The molecular weight excluding hydrogens is 363 g/mol. The van der Waals surface area contributed by atoms with E-state index < -0.39 is 25.5 Å². The quantitative estimate of drug-likeness (QED) is 0.526. The molecule has 0 atom stereocenters. The van der Waals surface area contributed by atoms with Gasteiger partial charge in [-0.3, -0.25) is 19.5 Å². The number of hydrogen-bond donors (Lipinski definition) is 1. The highest BCUT2D eigenvalue weighted by Crippen LogP contribution is 2.24. The summed E-state index contributed by atoms with van der Waals surface area (Å²) in [5.41, 5.74) is 0.258. The van der Waals surface area contributed by atoms with Gasteiger partial charge in [0.1, 0.15) is 5.82 Å². The van der Waals surface area contributed by atoms with Gasteiger partial charge < -0.3 is 0 Å². The van der Waals surface area contributed by atoms with Crippen LogP contribution in [0.4, 0.5) is 15.9 Å². The molecule has 1 N–H and O–H groups in total. The maximum atomic E-state index is 12.9. The van der Waals surface area contributed by atoms with Crippen molar-refractivity contribution >= 4 is 21.5 Å². The Balaban J connectivity index is 1.80. The monoisotopic (exact) mass is 376 g/mol. The molecule has 0 radical (unpaired) electrons. The first-order chi connectivity index (χ1) is 12.3. The maximum absolute atomic E-state index is 12.9. The summed E-state index contributed by atoms with van der Waals surface area (Å²) in [6.45, 7) is 0.313. The molecule has 10 heteroatoms. The Labute approximate surface area is 148 Å². The molecule has 0 bridgehead atoms. The first-order valence-electron chi connectivity index (χ1n) is 7.39. The molecule has 0 aliphatic rings. The summed E-state index contributed by atoms with van der Waals surface area (Å²) in [7, 11) is -4.17. The summed E-state index contributed by atoms with van der Waals surface area (Å²) in [5.74, 6) is -0.336. The Morgan fingerprint density at radius 2 is 1.81 bits per heavy atom. The van der Waals surface area contributed by atoms with Crippen molar-refractivity contribution < 1.29 is 17.7 Å². The van der Waals surface area contributed by atoms with E-state index in [9.17, 15) is 22.9 Å². The molecule has 1 heterocycles. The predicted octanol–water partition coefficient (Wildman–Crippen LogP) is 2.78. The lowest BCUT2D eigenvalue weighted by Gasteiger charge is -2.06. The summed E-state index contributed by atoms with van der Waals surface area (Å²) >= 11 is 0. The topological polar surface area (TPSA) is 107 Å². The van der Waals surface area contributed by atoms with E-state index in [1.165, 1.54) is 35.0 Å². The van der Waals surface area contributed by atoms with E-state index >= 15 is 0 Å². The Hall–Kier alpha value is -3.27. The summed E-state index contributed by atoms with van der Waals surface area (Å²) in [5, 5.41) is 15.1. The van der Waals surface area contributed by atoms with Gasteiger partial charge in [-0.25, -0.2) is 12.8 Å². The number of halogens is 1. The Morgan fingerprint density at radius 3 is 2.50 bits per heavy atom. The molecule has 0 aliphatic heterocycles. The third-order valence-corrected chi connectivity index (χ3v) is 4.89. The fourth-order valence-electron chi connectivity index (χ4n) is 2.31. The van der Waals surface area contributed by atoms with Gasteiger partial charge >= 0.3 is 0 Å². The van der Waals surface area contributed by atoms with Crippen molar-refractivity contribution in [2.75, 3.05) is 4.72 Å². The molecule has 2 aromatic carbocycles. The van der Waals surface area contributed by atoms with Crippen LogP contribution < -0.4 is 4.72 Å². The largest absolute Gasteiger partial charge is 0.289 e. The van der Waals surface area contributed by atoms with E-state index in [1.54, 1.807) is 18.3 Å². The molecule has 134 valence electrons. The highest BCUT2D eigenvalue weighted by molar-refractivity contribution is 7.92. The second kappa shape index (κ2) is 6.92. The number of nitro groups is 1. The van der Waals surface area contributed by atoms with E-state index in [0.717, 1.165) is 17.7 Å². The summed E-state index contributed by atoms with van der Waals surface area (Å²) < 4.78 is 41.5. The van der Waals surface area contributed by atoms with E-state index in [2.05, 4.69) is 9.82 Å². The molecule has 1 aromatic heterocycles. The molecule has 0 fully saturated rings. The van der Waals surface area contributed by atoms with E-state index in [0.29, 0.717) is 6.54 Å². The van der Waals surface area contributed by atoms with Crippen LogP contribution in [0.5, 0.6) is 0 Å². The van der Waals surface area contributed by atoms with Gasteiger partial charge in [0.2, 0.25) is 0 Å². The van der Waals surface area contributed by atoms with Crippen LogP contribution in [0.3, 0.4) is 0 Å². The number of benzene rings is 2. The zero-order chi connectivity index (χ0) is 18.7. The molecule has 0 saturated carbocycles. The van der Waals surface area contributed by atoms with E-state index in [4.69, 9.17) is 0 Å². The summed E-state index contributed by atoms with van der Waals surface area (Å²) in [6, 6.07) is 12.3. The molecule has 3 aromatic rings. The molecule has 0 amide bonds. The van der Waals surface area contributed by atoms with E-state index in [-0.39, 0.29) is 11.6 Å². The van der Waals surface area contributed by atoms with Gasteiger partial charge in [-0.15, -0.1) is 0 Å². The van der Waals surface area contributed by atoms with Crippen LogP contribution in [0.2, 0.25) is 0 Å².